The van der Waals surface area contributed by atoms with E-state index in [9.17, 15) is 5.26 Å². The van der Waals surface area contributed by atoms with Gasteiger partial charge in [-0.25, -0.2) is 4.98 Å². The predicted molar refractivity (Wildman–Crippen MR) is 177 cm³/mol. The van der Waals surface area contributed by atoms with Crippen molar-refractivity contribution in [3.8, 4) is 22.9 Å². The number of aryl methyl sites for hydroxylation is 1. The molecule has 5 nitrogen and oxygen atoms in total. The number of fused-ring (bicyclic) bond motifs is 1. The maximum absolute atomic E-state index is 10.1. The third kappa shape index (κ3) is 4.87. The van der Waals surface area contributed by atoms with Crippen molar-refractivity contribution in [2.45, 2.75) is 25.5 Å². The van der Waals surface area contributed by atoms with Crippen molar-refractivity contribution < 1.29 is 9.15 Å². The highest BCUT2D eigenvalue weighted by Gasteiger charge is 2.38. The average molecular weight is 586 g/mol. The molecule has 5 aromatic carbocycles. The summed E-state index contributed by atoms with van der Waals surface area (Å²) in [6.45, 7) is 2.25. The number of benzene rings is 5. The quantitative estimate of drug-likeness (QED) is 0.159. The Labute approximate surface area is 262 Å². The van der Waals surface area contributed by atoms with Crippen molar-refractivity contribution in [2.24, 2.45) is 0 Å². The molecule has 0 fully saturated rings. The minimum atomic E-state index is -0.673. The van der Waals surface area contributed by atoms with Crippen LogP contribution >= 0.6 is 0 Å². The summed E-state index contributed by atoms with van der Waals surface area (Å²) in [5.41, 5.74) is 6.54. The first-order chi connectivity index (χ1) is 22.2. The van der Waals surface area contributed by atoms with Crippen molar-refractivity contribution in [1.82, 2.24) is 9.55 Å². The fourth-order valence-electron chi connectivity index (χ4n) is 6.36. The summed E-state index contributed by atoms with van der Waals surface area (Å²) in [5, 5.41) is 10.9. The summed E-state index contributed by atoms with van der Waals surface area (Å²) in [6, 6.07) is 47.6. The number of rotatable bonds is 9. The Kier molecular flexibility index (Phi) is 7.47. The van der Waals surface area contributed by atoms with E-state index in [0.29, 0.717) is 23.3 Å². The molecule has 0 bridgehead atoms. The van der Waals surface area contributed by atoms with Crippen molar-refractivity contribution in [1.29, 1.82) is 5.26 Å². The number of imidazole rings is 1. The molecule has 0 radical (unpaired) electrons. The lowest BCUT2D eigenvalue weighted by molar-refractivity contribution is 0.304. The molecule has 0 aliphatic carbocycles. The van der Waals surface area contributed by atoms with Crippen LogP contribution in [0.5, 0.6) is 5.75 Å². The van der Waals surface area contributed by atoms with Crippen LogP contribution in [0.1, 0.15) is 40.6 Å². The fourth-order valence-corrected chi connectivity index (χ4v) is 6.36. The summed E-state index contributed by atoms with van der Waals surface area (Å²) in [5.74, 6) is 1.37. The zero-order valence-electron chi connectivity index (χ0n) is 24.9. The van der Waals surface area contributed by atoms with Gasteiger partial charge in [0.15, 0.2) is 0 Å². The second kappa shape index (κ2) is 12.0. The highest BCUT2D eigenvalue weighted by atomic mass is 16.5. The van der Waals surface area contributed by atoms with E-state index in [4.69, 9.17) is 14.1 Å². The monoisotopic (exact) mass is 585 g/mol. The lowest BCUT2D eigenvalue weighted by atomic mass is 9.77. The van der Waals surface area contributed by atoms with E-state index in [2.05, 4.69) is 102 Å². The Balaban J connectivity index is 1.34. The van der Waals surface area contributed by atoms with Gasteiger partial charge in [0.2, 0.25) is 0 Å². The Morgan fingerprint density at radius 1 is 0.756 bits per heavy atom. The van der Waals surface area contributed by atoms with Gasteiger partial charge in [0.25, 0.3) is 0 Å². The maximum atomic E-state index is 10.1. The summed E-state index contributed by atoms with van der Waals surface area (Å²) >= 11 is 0. The van der Waals surface area contributed by atoms with Crippen molar-refractivity contribution in [2.75, 3.05) is 0 Å². The van der Waals surface area contributed by atoms with E-state index >= 15 is 0 Å². The van der Waals surface area contributed by atoms with Crippen molar-refractivity contribution >= 4 is 11.0 Å². The minimum absolute atomic E-state index is 0.177. The second-order valence-corrected chi connectivity index (χ2v) is 10.9. The molecule has 2 aromatic heterocycles. The number of furan rings is 1. The van der Waals surface area contributed by atoms with Gasteiger partial charge in [0.1, 0.15) is 35.3 Å². The van der Waals surface area contributed by atoms with Crippen LogP contribution in [0.2, 0.25) is 0 Å². The summed E-state index contributed by atoms with van der Waals surface area (Å²) in [7, 11) is 0. The number of hydrogen-bond donors (Lipinski definition) is 0. The van der Waals surface area contributed by atoms with Gasteiger partial charge < -0.3 is 13.7 Å². The highest BCUT2D eigenvalue weighted by Crippen LogP contribution is 2.43. The van der Waals surface area contributed by atoms with Crippen LogP contribution in [0.15, 0.2) is 150 Å². The molecule has 0 atom stereocenters. The molecule has 0 spiro atoms. The van der Waals surface area contributed by atoms with Crippen LogP contribution in [-0.2, 0) is 18.6 Å². The van der Waals surface area contributed by atoms with Crippen LogP contribution in [0.3, 0.4) is 0 Å². The van der Waals surface area contributed by atoms with Gasteiger partial charge in [0, 0.05) is 18.2 Å². The molecule has 0 aliphatic rings. The van der Waals surface area contributed by atoms with Gasteiger partial charge in [-0.2, -0.15) is 5.26 Å². The third-order valence-corrected chi connectivity index (χ3v) is 8.35. The molecule has 7 rings (SSSR count). The third-order valence-electron chi connectivity index (χ3n) is 8.35. The maximum Gasteiger partial charge on any atom is 0.149 e. The molecule has 45 heavy (non-hydrogen) atoms. The molecule has 2 heterocycles. The number of aromatic nitrogens is 2. The Hall–Kier alpha value is -5.86. The Morgan fingerprint density at radius 2 is 1.31 bits per heavy atom. The van der Waals surface area contributed by atoms with Gasteiger partial charge in [-0.3, -0.25) is 0 Å². The summed E-state index contributed by atoms with van der Waals surface area (Å²) in [6.07, 6.45) is 4.63. The Bertz CT molecular complexity index is 2000. The van der Waals surface area contributed by atoms with Gasteiger partial charge in [0.05, 0.1) is 23.0 Å². The van der Waals surface area contributed by atoms with Crippen LogP contribution in [0.25, 0.3) is 22.1 Å². The molecule has 0 unspecified atom stereocenters. The summed E-state index contributed by atoms with van der Waals surface area (Å²) in [4.78, 5) is 4.84. The highest BCUT2D eigenvalue weighted by molar-refractivity contribution is 6.01. The number of nitrogens with zero attached hydrogens (tertiary/aromatic N) is 3. The van der Waals surface area contributed by atoms with Crippen molar-refractivity contribution in [3.05, 3.63) is 180 Å². The van der Waals surface area contributed by atoms with E-state index in [0.717, 1.165) is 44.7 Å². The summed E-state index contributed by atoms with van der Waals surface area (Å²) < 4.78 is 15.0. The van der Waals surface area contributed by atoms with Crippen LogP contribution < -0.4 is 4.74 Å². The largest absolute Gasteiger partial charge is 0.485 e. The first-order valence-corrected chi connectivity index (χ1v) is 15.1. The zero-order valence-corrected chi connectivity index (χ0v) is 24.9. The molecule has 7 aromatic rings. The van der Waals surface area contributed by atoms with E-state index in [1.165, 1.54) is 0 Å². The molecular formula is C40H31N3O2. The van der Waals surface area contributed by atoms with Crippen LogP contribution in [0.4, 0.5) is 0 Å². The predicted octanol–water partition coefficient (Wildman–Crippen LogP) is 9.15. The Morgan fingerprint density at radius 3 is 1.84 bits per heavy atom. The molecule has 0 saturated heterocycles. The normalized spacial score (nSPS) is 11.4. The smallest absolute Gasteiger partial charge is 0.149 e. The molecule has 0 amide bonds. The minimum Gasteiger partial charge on any atom is -0.485 e. The molecule has 0 saturated carbocycles. The fraction of sp³-hybridized carbons (Fsp3) is 0.100. The molecule has 0 N–H and O–H groups in total. The van der Waals surface area contributed by atoms with Gasteiger partial charge in [-0.05, 0) is 34.4 Å². The standard InChI is InChI=1S/C40H31N3O2/c1-2-35-37(29-15-7-3-8-16-29)38-36(45-35)24-23-30(25-41)39(38)44-27-34-26-43(28-42-34)40(31-17-9-4-10-18-31,32-19-11-5-12-20-32)33-21-13-6-14-22-33/h3-24,26,28H,2,27H2,1H3. The van der Waals surface area contributed by atoms with Gasteiger partial charge in [-0.1, -0.05) is 128 Å². The van der Waals surface area contributed by atoms with E-state index in [-0.39, 0.29) is 6.61 Å². The molecular weight excluding hydrogens is 554 g/mol. The lowest BCUT2D eigenvalue weighted by Gasteiger charge is -2.37. The first kappa shape index (κ1) is 27.9. The first-order valence-electron chi connectivity index (χ1n) is 15.1. The van der Waals surface area contributed by atoms with E-state index in [1.54, 1.807) is 6.07 Å². The van der Waals surface area contributed by atoms with Crippen LogP contribution in [-0.4, -0.2) is 9.55 Å². The molecule has 218 valence electrons. The van der Waals surface area contributed by atoms with Gasteiger partial charge in [-0.15, -0.1) is 0 Å². The number of ether oxygens (including phenoxy) is 1. The molecule has 0 aliphatic heterocycles. The zero-order chi connectivity index (χ0) is 30.6. The van der Waals surface area contributed by atoms with E-state index < -0.39 is 5.54 Å². The topological polar surface area (TPSA) is 64.0 Å². The average Bonchev–Trinajstić information content (AvgIpc) is 3.74. The van der Waals surface area contributed by atoms with E-state index in [1.807, 2.05) is 55.0 Å². The van der Waals surface area contributed by atoms with Crippen LogP contribution in [0, 0.1) is 11.3 Å². The SMILES string of the molecule is CCc1oc2ccc(C#N)c(OCc3cn(C(c4ccccc4)(c4ccccc4)c4ccccc4)cn3)c2c1-c1ccccc1. The van der Waals surface area contributed by atoms with Crippen molar-refractivity contribution in [3.63, 3.8) is 0 Å². The molecule has 5 heteroatoms. The lowest BCUT2D eigenvalue weighted by Crippen LogP contribution is -2.36. The van der Waals surface area contributed by atoms with Gasteiger partial charge >= 0.3 is 0 Å². The second-order valence-electron chi connectivity index (χ2n) is 10.9. The number of nitriles is 1. The number of hydrogen-bond acceptors (Lipinski definition) is 4.